The van der Waals surface area contributed by atoms with E-state index < -0.39 is 0 Å². The van der Waals surface area contributed by atoms with Crippen LogP contribution in [0.15, 0.2) is 35.5 Å². The molecule has 1 fully saturated rings. The van der Waals surface area contributed by atoms with Gasteiger partial charge in [-0.2, -0.15) is 0 Å². The van der Waals surface area contributed by atoms with E-state index in [1.807, 2.05) is 0 Å². The first-order valence-electron chi connectivity index (χ1n) is 8.72. The summed E-state index contributed by atoms with van der Waals surface area (Å²) in [6, 6.07) is 0. The second-order valence-corrected chi connectivity index (χ2v) is 7.39. The maximum Gasteiger partial charge on any atom is 0.0923 e. The predicted molar refractivity (Wildman–Crippen MR) is 92.8 cm³/mol. The van der Waals surface area contributed by atoms with Gasteiger partial charge in [-0.05, 0) is 77.2 Å². The lowest BCUT2D eigenvalue weighted by Gasteiger charge is -2.17. The molecule has 0 unspecified atom stereocenters. The first-order valence-corrected chi connectivity index (χ1v) is 8.72. The number of ether oxygens (including phenoxy) is 1. The summed E-state index contributed by atoms with van der Waals surface area (Å²) in [6.07, 6.45) is 12.5. The number of aliphatic hydroxyl groups is 1. The molecule has 0 bridgehead atoms. The Hall–Kier alpha value is -0.860. The molecule has 1 saturated heterocycles. The average molecular weight is 304 g/mol. The Morgan fingerprint density at radius 2 is 2.14 bits per heavy atom. The fraction of sp³-hybridized carbons (Fsp3) is 0.700. The Kier molecular flexibility index (Phi) is 6.05. The molecule has 1 aliphatic carbocycles. The van der Waals surface area contributed by atoms with Crippen LogP contribution in [-0.2, 0) is 4.74 Å². The summed E-state index contributed by atoms with van der Waals surface area (Å²) < 4.78 is 5.92. The van der Waals surface area contributed by atoms with Gasteiger partial charge in [0.2, 0.25) is 0 Å². The molecule has 1 aliphatic heterocycles. The van der Waals surface area contributed by atoms with Gasteiger partial charge in [-0.25, -0.2) is 0 Å². The molecular formula is C20H32O2. The van der Waals surface area contributed by atoms with Crippen LogP contribution >= 0.6 is 0 Å². The molecule has 0 aromatic carbocycles. The number of rotatable bonds is 2. The third kappa shape index (κ3) is 4.82. The molecule has 1 heterocycles. The zero-order valence-electron chi connectivity index (χ0n) is 14.5. The van der Waals surface area contributed by atoms with Crippen LogP contribution in [0, 0.1) is 5.92 Å². The van der Waals surface area contributed by atoms with Crippen LogP contribution < -0.4 is 0 Å². The second-order valence-electron chi connectivity index (χ2n) is 7.39. The van der Waals surface area contributed by atoms with E-state index in [-0.39, 0.29) is 12.2 Å². The minimum atomic E-state index is 0.0711. The number of aliphatic hydroxyl groups excluding tert-OH is 1. The molecule has 0 aromatic rings. The van der Waals surface area contributed by atoms with Gasteiger partial charge in [-0.15, -0.1) is 0 Å². The van der Waals surface area contributed by atoms with Gasteiger partial charge in [-0.3, -0.25) is 0 Å². The highest BCUT2D eigenvalue weighted by atomic mass is 16.6. The summed E-state index contributed by atoms with van der Waals surface area (Å²) in [5.41, 5.74) is 3.97. The third-order valence-electron chi connectivity index (χ3n) is 5.37. The quantitative estimate of drug-likeness (QED) is 0.578. The normalized spacial score (nSPS) is 38.7. The average Bonchev–Trinajstić information content (AvgIpc) is 3.11. The summed E-state index contributed by atoms with van der Waals surface area (Å²) >= 11 is 0. The van der Waals surface area contributed by atoms with Crippen LogP contribution in [0.2, 0.25) is 0 Å². The van der Waals surface area contributed by atoms with E-state index in [9.17, 15) is 5.11 Å². The summed E-state index contributed by atoms with van der Waals surface area (Å²) in [5.74, 6) is 0.523. The van der Waals surface area contributed by atoms with Crippen LogP contribution in [0.5, 0.6) is 0 Å². The van der Waals surface area contributed by atoms with E-state index in [0.717, 1.165) is 50.5 Å². The number of fused-ring (bicyclic) bond motifs is 1. The Balaban J connectivity index is 2.07. The Morgan fingerprint density at radius 3 is 2.82 bits per heavy atom. The molecule has 0 amide bonds. The van der Waals surface area contributed by atoms with Crippen molar-refractivity contribution >= 4 is 0 Å². The molecule has 2 nitrogen and oxygen atoms in total. The van der Waals surface area contributed by atoms with Gasteiger partial charge in [0, 0.05) is 0 Å². The monoisotopic (exact) mass is 304 g/mol. The van der Waals surface area contributed by atoms with Crippen molar-refractivity contribution in [2.45, 2.75) is 77.4 Å². The highest BCUT2D eigenvalue weighted by Gasteiger charge is 2.50. The van der Waals surface area contributed by atoms with Crippen molar-refractivity contribution in [2.24, 2.45) is 5.92 Å². The predicted octanol–water partition coefficient (Wildman–Crippen LogP) is 4.95. The first-order chi connectivity index (χ1) is 10.4. The van der Waals surface area contributed by atoms with E-state index in [0.29, 0.717) is 12.0 Å². The summed E-state index contributed by atoms with van der Waals surface area (Å²) in [5, 5.41) is 9.59. The van der Waals surface area contributed by atoms with Crippen molar-refractivity contribution in [3.8, 4) is 0 Å². The molecule has 22 heavy (non-hydrogen) atoms. The molecule has 2 heteroatoms. The minimum Gasteiger partial charge on any atom is -0.392 e. The van der Waals surface area contributed by atoms with Gasteiger partial charge in [-0.1, -0.05) is 29.9 Å². The maximum absolute atomic E-state index is 9.59. The van der Waals surface area contributed by atoms with Crippen LogP contribution in [0.1, 0.15) is 65.7 Å². The van der Waals surface area contributed by atoms with Crippen LogP contribution in [-0.4, -0.2) is 23.4 Å². The van der Waals surface area contributed by atoms with Crippen molar-refractivity contribution in [3.05, 3.63) is 35.5 Å². The molecular weight excluding hydrogens is 272 g/mol. The molecule has 0 radical (unpaired) electrons. The zero-order chi connectivity index (χ0) is 16.2. The zero-order valence-corrected chi connectivity index (χ0v) is 14.5. The number of epoxide rings is 1. The van der Waals surface area contributed by atoms with Crippen molar-refractivity contribution < 1.29 is 9.84 Å². The lowest BCUT2D eigenvalue weighted by Crippen LogP contribution is -2.10. The number of allylic oxidation sites excluding steroid dienone is 4. The van der Waals surface area contributed by atoms with E-state index in [1.165, 1.54) is 11.1 Å². The lowest BCUT2D eigenvalue weighted by molar-refractivity contribution is 0.293. The van der Waals surface area contributed by atoms with E-state index >= 15 is 0 Å². The van der Waals surface area contributed by atoms with Crippen LogP contribution in [0.3, 0.4) is 0 Å². The van der Waals surface area contributed by atoms with Crippen molar-refractivity contribution in [2.75, 3.05) is 6.61 Å². The molecule has 0 aromatic heterocycles. The van der Waals surface area contributed by atoms with Crippen LogP contribution in [0.25, 0.3) is 0 Å². The minimum absolute atomic E-state index is 0.0711. The highest BCUT2D eigenvalue weighted by Crippen LogP contribution is 2.43. The Morgan fingerprint density at radius 1 is 1.36 bits per heavy atom. The molecule has 2 rings (SSSR count). The van der Waals surface area contributed by atoms with Crippen LogP contribution in [0.4, 0.5) is 0 Å². The van der Waals surface area contributed by atoms with Crippen molar-refractivity contribution in [3.63, 3.8) is 0 Å². The van der Waals surface area contributed by atoms with E-state index in [1.54, 1.807) is 0 Å². The van der Waals surface area contributed by atoms with Gasteiger partial charge in [0.05, 0.1) is 18.3 Å². The molecule has 1 N–H and O–H groups in total. The fourth-order valence-electron chi connectivity index (χ4n) is 3.42. The molecule has 124 valence electrons. The molecule has 2 aliphatic rings. The smallest absolute Gasteiger partial charge is 0.0923 e. The third-order valence-corrected chi connectivity index (χ3v) is 5.37. The largest absolute Gasteiger partial charge is 0.392 e. The maximum atomic E-state index is 9.59. The first kappa shape index (κ1) is 17.5. The second kappa shape index (κ2) is 7.61. The van der Waals surface area contributed by atoms with Gasteiger partial charge in [0.25, 0.3) is 0 Å². The standard InChI is InChI=1S/C20H32O2/c1-15(2)18-10-7-16(3)6-5-13-20(4)19(22-20)12-9-17(14-21)8-11-18/h6,8,18-19,21H,1,5,7,9-14H2,2-4H3/b16-6+,17-8+/t18-,19+,20+/m0/s1. The highest BCUT2D eigenvalue weighted by molar-refractivity contribution is 5.11. The van der Waals surface area contributed by atoms with Crippen molar-refractivity contribution in [1.29, 1.82) is 0 Å². The van der Waals surface area contributed by atoms with E-state index in [2.05, 4.69) is 39.5 Å². The van der Waals surface area contributed by atoms with Crippen molar-refractivity contribution in [1.82, 2.24) is 0 Å². The van der Waals surface area contributed by atoms with E-state index in [4.69, 9.17) is 4.74 Å². The number of hydrogen-bond acceptors (Lipinski definition) is 2. The topological polar surface area (TPSA) is 32.8 Å². The Labute approximate surface area is 136 Å². The summed E-state index contributed by atoms with van der Waals surface area (Å²) in [4.78, 5) is 0. The lowest BCUT2D eigenvalue weighted by atomic mass is 9.89. The molecule has 0 spiro atoms. The SMILES string of the molecule is C=C(C)[C@@H]1C/C=C(/CO)CC[C@H]2O[C@]2(C)CC/C=C(\C)CC1. The summed E-state index contributed by atoms with van der Waals surface area (Å²) in [7, 11) is 0. The fourth-order valence-corrected chi connectivity index (χ4v) is 3.42. The van der Waals surface area contributed by atoms with Gasteiger partial charge in [0.15, 0.2) is 0 Å². The Bertz CT molecular complexity index is 460. The van der Waals surface area contributed by atoms with Gasteiger partial charge >= 0.3 is 0 Å². The van der Waals surface area contributed by atoms with Gasteiger partial charge < -0.3 is 9.84 Å². The number of hydrogen-bond donors (Lipinski definition) is 1. The molecule has 0 saturated carbocycles. The molecule has 3 atom stereocenters. The summed E-state index contributed by atoms with van der Waals surface area (Å²) in [6.45, 7) is 10.9. The van der Waals surface area contributed by atoms with Gasteiger partial charge in [0.1, 0.15) is 0 Å².